The molecule has 0 aromatic heterocycles. The molecular weight excluding hydrogens is 442 g/mol. The summed E-state index contributed by atoms with van der Waals surface area (Å²) >= 11 is 0. The van der Waals surface area contributed by atoms with Gasteiger partial charge in [0.05, 0.1) is 18.7 Å². The predicted octanol–water partition coefficient (Wildman–Crippen LogP) is 4.22. The van der Waals surface area contributed by atoms with Crippen molar-refractivity contribution in [3.63, 3.8) is 0 Å². The van der Waals surface area contributed by atoms with Crippen LogP contribution in [0.5, 0.6) is 0 Å². The summed E-state index contributed by atoms with van der Waals surface area (Å²) in [6.45, 7) is 6.89. The molecule has 3 rings (SSSR count). The van der Waals surface area contributed by atoms with Crippen LogP contribution in [0.25, 0.3) is 5.57 Å². The van der Waals surface area contributed by atoms with E-state index in [4.69, 9.17) is 4.74 Å². The van der Waals surface area contributed by atoms with Gasteiger partial charge in [0.1, 0.15) is 5.54 Å². The fourth-order valence-corrected chi connectivity index (χ4v) is 4.47. The Hall–Kier alpha value is -4.23. The van der Waals surface area contributed by atoms with Crippen molar-refractivity contribution in [2.75, 3.05) is 6.61 Å². The van der Waals surface area contributed by atoms with Crippen LogP contribution < -0.4 is 5.32 Å². The van der Waals surface area contributed by atoms with Crippen molar-refractivity contribution in [1.29, 1.82) is 10.5 Å². The zero-order chi connectivity index (χ0) is 25.9. The van der Waals surface area contributed by atoms with E-state index >= 15 is 0 Å². The van der Waals surface area contributed by atoms with Gasteiger partial charge in [-0.25, -0.2) is 4.79 Å². The number of ether oxygens (including phenoxy) is 1. The molecule has 0 aliphatic heterocycles. The third-order valence-corrected chi connectivity index (χ3v) is 6.41. The number of carbonyl (C=O) groups is 3. The van der Waals surface area contributed by atoms with E-state index in [9.17, 15) is 24.9 Å². The molecule has 1 aliphatic carbocycles. The average molecular weight is 470 g/mol. The fraction of sp³-hybridized carbons (Fsp3) is 0.321. The molecule has 0 bridgehead atoms. The number of allylic oxidation sites excluding steroid dienone is 1. The van der Waals surface area contributed by atoms with E-state index in [2.05, 4.69) is 5.32 Å². The number of carbonyl (C=O) groups excluding carboxylic acids is 3. The first-order valence-electron chi connectivity index (χ1n) is 11.3. The van der Waals surface area contributed by atoms with Gasteiger partial charge in [-0.15, -0.1) is 0 Å². The molecular formula is C28H27N3O4. The highest BCUT2D eigenvalue weighted by Crippen LogP contribution is 2.52. The van der Waals surface area contributed by atoms with Gasteiger partial charge in [0.25, 0.3) is 5.91 Å². The maximum atomic E-state index is 14.3. The van der Waals surface area contributed by atoms with Crippen molar-refractivity contribution in [3.8, 4) is 12.1 Å². The average Bonchev–Trinajstić information content (AvgIpc) is 2.85. The summed E-state index contributed by atoms with van der Waals surface area (Å²) in [7, 11) is 0. The molecule has 0 fully saturated rings. The number of hydrogen-bond acceptors (Lipinski definition) is 6. The summed E-state index contributed by atoms with van der Waals surface area (Å²) in [6, 6.07) is 20.5. The van der Waals surface area contributed by atoms with Crippen molar-refractivity contribution < 1.29 is 19.1 Å². The monoisotopic (exact) mass is 469 g/mol. The Morgan fingerprint density at radius 3 is 2.03 bits per heavy atom. The van der Waals surface area contributed by atoms with Gasteiger partial charge in [-0.05, 0) is 30.0 Å². The Morgan fingerprint density at radius 1 is 1.00 bits per heavy atom. The molecule has 2 aromatic carbocycles. The Balaban J connectivity index is 2.37. The summed E-state index contributed by atoms with van der Waals surface area (Å²) in [5, 5.41) is 23.5. The van der Waals surface area contributed by atoms with E-state index in [1.165, 1.54) is 0 Å². The molecule has 0 saturated carbocycles. The van der Waals surface area contributed by atoms with E-state index in [0.29, 0.717) is 11.1 Å². The minimum absolute atomic E-state index is 0.000357. The Morgan fingerprint density at radius 2 is 1.54 bits per heavy atom. The van der Waals surface area contributed by atoms with Crippen molar-refractivity contribution in [3.05, 3.63) is 77.4 Å². The second kappa shape index (κ2) is 9.56. The Labute approximate surface area is 205 Å². The first-order valence-corrected chi connectivity index (χ1v) is 11.3. The number of nitriles is 2. The minimum atomic E-state index is -2.35. The van der Waals surface area contributed by atoms with Crippen LogP contribution >= 0.6 is 0 Å². The Kier molecular flexibility index (Phi) is 6.94. The van der Waals surface area contributed by atoms with Gasteiger partial charge >= 0.3 is 5.97 Å². The lowest BCUT2D eigenvalue weighted by molar-refractivity contribution is -0.140. The van der Waals surface area contributed by atoms with Crippen LogP contribution in [0.1, 0.15) is 50.0 Å². The highest BCUT2D eigenvalue weighted by molar-refractivity contribution is 6.18. The molecule has 178 valence electrons. The number of hydrogen-bond donors (Lipinski definition) is 1. The van der Waals surface area contributed by atoms with Crippen molar-refractivity contribution in [1.82, 2.24) is 5.32 Å². The van der Waals surface area contributed by atoms with Gasteiger partial charge in [0, 0.05) is 23.1 Å². The normalized spacial score (nSPS) is 19.3. The van der Waals surface area contributed by atoms with Crippen LogP contribution in [-0.2, 0) is 14.3 Å². The molecule has 0 unspecified atom stereocenters. The van der Waals surface area contributed by atoms with Crippen LogP contribution in [0, 0.1) is 33.5 Å². The molecule has 1 amide bonds. The number of rotatable bonds is 5. The summed E-state index contributed by atoms with van der Waals surface area (Å²) in [6.07, 6.45) is -0.234. The molecule has 1 atom stereocenters. The summed E-state index contributed by atoms with van der Waals surface area (Å²) in [4.78, 5) is 40.9. The molecule has 0 saturated heterocycles. The number of benzene rings is 2. The lowest BCUT2D eigenvalue weighted by Gasteiger charge is -2.49. The van der Waals surface area contributed by atoms with Crippen molar-refractivity contribution in [2.24, 2.45) is 10.8 Å². The fourth-order valence-electron chi connectivity index (χ4n) is 4.47. The predicted molar refractivity (Wildman–Crippen MR) is 129 cm³/mol. The lowest BCUT2D eigenvalue weighted by Crippen LogP contribution is -2.68. The van der Waals surface area contributed by atoms with E-state index in [0.717, 1.165) is 0 Å². The lowest BCUT2D eigenvalue weighted by atomic mass is 9.54. The van der Waals surface area contributed by atoms with Gasteiger partial charge in [-0.1, -0.05) is 69.3 Å². The molecule has 1 aliphatic rings. The van der Waals surface area contributed by atoms with Crippen LogP contribution in [0.4, 0.5) is 0 Å². The maximum absolute atomic E-state index is 14.3. The topological polar surface area (TPSA) is 120 Å². The number of esters is 1. The van der Waals surface area contributed by atoms with Gasteiger partial charge in [0.15, 0.2) is 5.78 Å². The zero-order valence-electron chi connectivity index (χ0n) is 20.2. The van der Waals surface area contributed by atoms with Crippen LogP contribution in [-0.4, -0.2) is 29.8 Å². The second-order valence-electron chi connectivity index (χ2n) is 9.40. The van der Waals surface area contributed by atoms with Gasteiger partial charge in [0.2, 0.25) is 5.41 Å². The number of amides is 1. The highest BCUT2D eigenvalue weighted by Gasteiger charge is 2.64. The quantitative estimate of drug-likeness (QED) is 0.655. The highest BCUT2D eigenvalue weighted by atomic mass is 16.5. The van der Waals surface area contributed by atoms with Crippen LogP contribution in [0.15, 0.2) is 66.2 Å². The molecule has 35 heavy (non-hydrogen) atoms. The van der Waals surface area contributed by atoms with Crippen LogP contribution in [0.2, 0.25) is 0 Å². The first-order chi connectivity index (χ1) is 16.6. The summed E-state index contributed by atoms with van der Waals surface area (Å²) in [5.41, 5.74) is -4.36. The van der Waals surface area contributed by atoms with Crippen molar-refractivity contribution in [2.45, 2.75) is 39.7 Å². The van der Waals surface area contributed by atoms with E-state index in [1.807, 2.05) is 12.1 Å². The smallest absolute Gasteiger partial charge is 0.334 e. The summed E-state index contributed by atoms with van der Waals surface area (Å²) < 4.78 is 5.31. The molecule has 2 aromatic rings. The van der Waals surface area contributed by atoms with Gasteiger partial charge in [-0.2, -0.15) is 10.5 Å². The third kappa shape index (κ3) is 4.22. The molecule has 0 radical (unpaired) electrons. The minimum Gasteiger partial charge on any atom is -0.463 e. The maximum Gasteiger partial charge on any atom is 0.334 e. The largest absolute Gasteiger partial charge is 0.463 e. The van der Waals surface area contributed by atoms with Gasteiger partial charge < -0.3 is 10.1 Å². The number of Topliss-reactive ketones (excluding diaryl/α,β-unsaturated/α-hetero) is 1. The molecule has 7 nitrogen and oxygen atoms in total. The van der Waals surface area contributed by atoms with Crippen molar-refractivity contribution >= 4 is 23.2 Å². The first kappa shape index (κ1) is 25.4. The van der Waals surface area contributed by atoms with E-state index in [1.54, 1.807) is 88.4 Å². The molecule has 7 heteroatoms. The third-order valence-electron chi connectivity index (χ3n) is 6.41. The number of nitrogens with zero attached hydrogens (tertiary/aromatic N) is 2. The van der Waals surface area contributed by atoms with Gasteiger partial charge in [-0.3, -0.25) is 9.59 Å². The molecule has 0 heterocycles. The second-order valence-corrected chi connectivity index (χ2v) is 9.40. The Bertz CT molecular complexity index is 1250. The SMILES string of the molecule is CCOC(=O)C1=C(c2ccccc2)C(C#N)(C#N)C(=O)[C@@](NC(=O)c2ccccc2)(C(C)(C)C)C1. The number of nitrogens with one attached hydrogen (secondary N) is 1. The summed E-state index contributed by atoms with van der Waals surface area (Å²) in [5.74, 6) is -2.07. The van der Waals surface area contributed by atoms with E-state index < -0.39 is 34.0 Å². The molecule has 1 N–H and O–H groups in total. The number of ketones is 1. The van der Waals surface area contributed by atoms with Crippen LogP contribution in [0.3, 0.4) is 0 Å². The molecule has 0 spiro atoms. The van der Waals surface area contributed by atoms with E-state index in [-0.39, 0.29) is 24.2 Å². The zero-order valence-corrected chi connectivity index (χ0v) is 20.2. The standard InChI is InChI=1S/C28H27N3O4/c1-5-35-24(33)21-16-28(26(2,3)4,31-23(32)20-14-10-7-11-15-20)25(34)27(17-29,18-30)22(21)19-12-8-6-9-13-19/h6-15H,5,16H2,1-4H3,(H,31,32)/t28-/m1/s1.